The van der Waals surface area contributed by atoms with Crippen molar-refractivity contribution in [2.75, 3.05) is 59.3 Å². The monoisotopic (exact) mass is 849 g/mol. The molecule has 0 aromatic rings. The molecule has 2 aliphatic heterocycles. The molecular formula is C49H88N2O9. The fourth-order valence-corrected chi connectivity index (χ4v) is 7.17. The van der Waals surface area contributed by atoms with Crippen molar-refractivity contribution in [1.82, 2.24) is 10.2 Å². The molecule has 0 bridgehead atoms. The van der Waals surface area contributed by atoms with Gasteiger partial charge in [-0.1, -0.05) is 141 Å². The second-order valence-corrected chi connectivity index (χ2v) is 17.0. The van der Waals surface area contributed by atoms with E-state index in [1.54, 1.807) is 0 Å². The Bertz CT molecular complexity index is 1090. The Morgan fingerprint density at radius 3 is 1.65 bits per heavy atom. The van der Waals surface area contributed by atoms with Gasteiger partial charge in [-0.05, 0) is 51.4 Å². The lowest BCUT2D eigenvalue weighted by atomic mass is 10.0. The highest BCUT2D eigenvalue weighted by Gasteiger charge is 2.37. The van der Waals surface area contributed by atoms with E-state index < -0.39 is 18.3 Å². The maximum Gasteiger partial charge on any atom is 0.407 e. The van der Waals surface area contributed by atoms with Gasteiger partial charge in [-0.15, -0.1) is 0 Å². The van der Waals surface area contributed by atoms with Crippen molar-refractivity contribution in [3.05, 3.63) is 24.3 Å². The average Bonchev–Trinajstić information content (AvgIpc) is 3.21. The molecule has 0 aromatic heterocycles. The van der Waals surface area contributed by atoms with Crippen LogP contribution in [0.1, 0.15) is 188 Å². The molecule has 348 valence electrons. The van der Waals surface area contributed by atoms with Crippen molar-refractivity contribution in [3.63, 3.8) is 0 Å². The summed E-state index contributed by atoms with van der Waals surface area (Å²) in [6.07, 6.45) is 35.4. The fourth-order valence-electron chi connectivity index (χ4n) is 7.17. The number of carbonyl (C=O) groups excluding carboxylic acids is 3. The maximum absolute atomic E-state index is 13.0. The van der Waals surface area contributed by atoms with Gasteiger partial charge in [0.2, 0.25) is 0 Å². The molecule has 2 fully saturated rings. The lowest BCUT2D eigenvalue weighted by Gasteiger charge is -2.47. The highest BCUT2D eigenvalue weighted by Crippen LogP contribution is 2.19. The Balaban J connectivity index is 1.73. The molecule has 60 heavy (non-hydrogen) atoms. The van der Waals surface area contributed by atoms with Crippen LogP contribution in [-0.2, 0) is 38.0 Å². The predicted molar refractivity (Wildman–Crippen MR) is 241 cm³/mol. The quantitative estimate of drug-likeness (QED) is 0.0209. The fraction of sp³-hybridized carbons (Fsp3) is 0.857. The molecule has 2 aliphatic rings. The number of allylic oxidation sites excluding steroid dienone is 4. The summed E-state index contributed by atoms with van der Waals surface area (Å²) in [6.45, 7) is 10.9. The Morgan fingerprint density at radius 1 is 0.600 bits per heavy atom. The minimum Gasteiger partial charge on any atom is -0.465 e. The zero-order valence-corrected chi connectivity index (χ0v) is 38.5. The number of ether oxygens (including phenoxy) is 6. The molecule has 2 heterocycles. The number of hydrogen-bond donors (Lipinski definition) is 1. The molecule has 11 heteroatoms. The zero-order valence-electron chi connectivity index (χ0n) is 38.5. The van der Waals surface area contributed by atoms with Crippen molar-refractivity contribution in [3.8, 4) is 0 Å². The van der Waals surface area contributed by atoms with Crippen LogP contribution in [0.4, 0.5) is 4.79 Å². The number of alkyl carbamates (subject to hydrolysis) is 1. The summed E-state index contributed by atoms with van der Waals surface area (Å²) in [6, 6.07) is 0.460. The molecule has 0 aliphatic carbocycles. The number of nitrogens with one attached hydrogen (secondary N) is 1. The Hall–Kier alpha value is -2.47. The first kappa shape index (κ1) is 53.7. The maximum atomic E-state index is 13.0. The van der Waals surface area contributed by atoms with E-state index in [0.29, 0.717) is 32.1 Å². The van der Waals surface area contributed by atoms with Crippen LogP contribution in [0, 0.1) is 5.92 Å². The van der Waals surface area contributed by atoms with Crippen LogP contribution < -0.4 is 5.32 Å². The lowest BCUT2D eigenvalue weighted by Crippen LogP contribution is -2.66. The molecule has 2 saturated heterocycles. The predicted octanol–water partition coefficient (Wildman–Crippen LogP) is 11.2. The summed E-state index contributed by atoms with van der Waals surface area (Å²) in [7, 11) is 0. The molecular weight excluding hydrogens is 761 g/mol. The number of rotatable bonds is 41. The minimum absolute atomic E-state index is 0.00387. The summed E-state index contributed by atoms with van der Waals surface area (Å²) < 4.78 is 34.3. The van der Waals surface area contributed by atoms with E-state index in [-0.39, 0.29) is 44.2 Å². The van der Waals surface area contributed by atoms with Crippen LogP contribution >= 0.6 is 0 Å². The summed E-state index contributed by atoms with van der Waals surface area (Å²) in [4.78, 5) is 40.6. The van der Waals surface area contributed by atoms with E-state index in [0.717, 1.165) is 96.9 Å². The Labute approximate surface area is 365 Å². The van der Waals surface area contributed by atoms with Crippen LogP contribution in [0.2, 0.25) is 0 Å². The number of nitrogens with zero attached hydrogens (tertiary/aromatic N) is 1. The number of likely N-dealkylation sites (tertiary alicyclic amines) is 1. The first-order valence-corrected chi connectivity index (χ1v) is 24.5. The first-order valence-electron chi connectivity index (χ1n) is 24.5. The van der Waals surface area contributed by atoms with E-state index in [9.17, 15) is 14.4 Å². The van der Waals surface area contributed by atoms with Crippen LogP contribution in [0.25, 0.3) is 0 Å². The zero-order chi connectivity index (χ0) is 43.1. The molecule has 0 aromatic carbocycles. The van der Waals surface area contributed by atoms with E-state index in [4.69, 9.17) is 28.4 Å². The molecule has 1 atom stereocenters. The Morgan fingerprint density at radius 2 is 1.08 bits per heavy atom. The highest BCUT2D eigenvalue weighted by atomic mass is 16.7. The van der Waals surface area contributed by atoms with Crippen molar-refractivity contribution in [2.45, 2.75) is 206 Å². The van der Waals surface area contributed by atoms with Gasteiger partial charge >= 0.3 is 18.0 Å². The summed E-state index contributed by atoms with van der Waals surface area (Å²) >= 11 is 0. The van der Waals surface area contributed by atoms with Gasteiger partial charge < -0.3 is 33.7 Å². The molecule has 2 rings (SSSR count). The van der Waals surface area contributed by atoms with E-state index in [1.807, 2.05) is 0 Å². The molecule has 1 N–H and O–H groups in total. The van der Waals surface area contributed by atoms with Gasteiger partial charge in [-0.25, -0.2) is 4.79 Å². The number of hydrogen-bond acceptors (Lipinski definition) is 10. The van der Waals surface area contributed by atoms with Crippen LogP contribution in [-0.4, -0.2) is 101 Å². The van der Waals surface area contributed by atoms with E-state index >= 15 is 0 Å². The topological polar surface area (TPSA) is 122 Å². The summed E-state index contributed by atoms with van der Waals surface area (Å²) in [5.74, 6) is -1.15. The van der Waals surface area contributed by atoms with Crippen molar-refractivity contribution in [2.24, 2.45) is 5.92 Å². The lowest BCUT2D eigenvalue weighted by molar-refractivity contribution is -0.161. The van der Waals surface area contributed by atoms with Crippen LogP contribution in [0.3, 0.4) is 0 Å². The van der Waals surface area contributed by atoms with Crippen molar-refractivity contribution >= 4 is 18.0 Å². The average molecular weight is 849 g/mol. The van der Waals surface area contributed by atoms with E-state index in [2.05, 4.69) is 55.3 Å². The molecule has 1 amide bonds. The standard InChI is InChI=1S/C49H88N2O9/c1-4-7-10-13-16-17-18-19-20-21-22-23-24-25-28-31-46(52)58-38-43(40-60-49(54)50-44-36-51(37-44)45-41-55-42-45)39-59-47(53)32-33-48(56-34-29-26-14-11-8-5-2)57-35-30-27-15-12-9-6-3/h16-17,19-20,43-45,48H,4-15,18,21-42H2,1-3H3,(H,50,54)/b17-16-,20-19-. The van der Waals surface area contributed by atoms with Crippen LogP contribution in [0.15, 0.2) is 24.3 Å². The van der Waals surface area contributed by atoms with Crippen LogP contribution in [0.5, 0.6) is 0 Å². The van der Waals surface area contributed by atoms with Crippen molar-refractivity contribution < 1.29 is 42.8 Å². The minimum atomic E-state index is -0.523. The van der Waals surface area contributed by atoms with Gasteiger partial charge in [0.05, 0.1) is 37.6 Å². The number of unbranched alkanes of at least 4 members (excludes halogenated alkanes) is 18. The summed E-state index contributed by atoms with van der Waals surface area (Å²) in [5.41, 5.74) is 0. The second kappa shape index (κ2) is 38.2. The van der Waals surface area contributed by atoms with Crippen molar-refractivity contribution in [1.29, 1.82) is 0 Å². The van der Waals surface area contributed by atoms with Gasteiger partial charge in [0, 0.05) is 39.1 Å². The third-order valence-electron chi connectivity index (χ3n) is 11.3. The molecule has 11 nitrogen and oxygen atoms in total. The largest absolute Gasteiger partial charge is 0.465 e. The van der Waals surface area contributed by atoms with Gasteiger partial charge in [0.25, 0.3) is 0 Å². The smallest absolute Gasteiger partial charge is 0.407 e. The number of carbonyl (C=O) groups is 3. The molecule has 1 unspecified atom stereocenters. The third kappa shape index (κ3) is 29.7. The second-order valence-electron chi connectivity index (χ2n) is 17.0. The third-order valence-corrected chi connectivity index (χ3v) is 11.3. The Kier molecular flexibility index (Phi) is 34.2. The van der Waals surface area contributed by atoms with Gasteiger partial charge in [-0.2, -0.15) is 0 Å². The van der Waals surface area contributed by atoms with E-state index in [1.165, 1.54) is 77.0 Å². The van der Waals surface area contributed by atoms with Gasteiger partial charge in [0.1, 0.15) is 19.8 Å². The number of amides is 1. The molecule has 0 saturated carbocycles. The van der Waals surface area contributed by atoms with Gasteiger partial charge in [-0.3, -0.25) is 14.5 Å². The highest BCUT2D eigenvalue weighted by molar-refractivity contribution is 5.70. The SMILES string of the molecule is CCCCC/C=C\C/C=C\CCCCCCCC(=O)OCC(COC(=O)CCC(OCCCCCCCC)OCCCCCCCC)COC(=O)NC1CN(C2COC2)C1. The summed E-state index contributed by atoms with van der Waals surface area (Å²) in [5, 5.41) is 2.91. The number of esters is 2. The molecule has 0 radical (unpaired) electrons. The normalized spacial score (nSPS) is 15.4. The molecule has 0 spiro atoms. The first-order chi connectivity index (χ1) is 29.4. The van der Waals surface area contributed by atoms with Gasteiger partial charge in [0.15, 0.2) is 6.29 Å².